The second kappa shape index (κ2) is 9.23. The summed E-state index contributed by atoms with van der Waals surface area (Å²) in [6.45, 7) is 0. The predicted octanol–water partition coefficient (Wildman–Crippen LogP) is -13.6. The first-order valence-corrected chi connectivity index (χ1v) is 11.5. The third-order valence-electron chi connectivity index (χ3n) is 8.25. The minimum atomic E-state index is -0.799. The Bertz CT molecular complexity index is 1080. The molecule has 3 aromatic rings. The van der Waals surface area contributed by atoms with Crippen LogP contribution in [0.4, 0.5) is 0 Å². The van der Waals surface area contributed by atoms with Crippen LogP contribution in [0.15, 0.2) is 24.3 Å². The monoisotopic (exact) mass is 410 g/mol. The summed E-state index contributed by atoms with van der Waals surface area (Å²) in [6, 6.07) is 7.79. The van der Waals surface area contributed by atoms with E-state index in [-0.39, 0.29) is 0 Å². The van der Waals surface area contributed by atoms with E-state index in [0.29, 0.717) is 0 Å². The summed E-state index contributed by atoms with van der Waals surface area (Å²) < 4.78 is 0. The van der Waals surface area contributed by atoms with E-state index in [1.165, 1.54) is 32.8 Å². The standard InChI is InChI=1S/C20H28B10O2/c21-9-7(10(22)14(26)17(29)13(9)25)19(31)5-3-1-2-4-6(5)20(32)8-11(23)15(27)18(30)16(28)12(8)24/h1-4,19-20,31-32H,21-30H2. The Labute approximate surface area is 201 Å². The van der Waals surface area contributed by atoms with Gasteiger partial charge in [-0.3, -0.25) is 0 Å². The Morgan fingerprint density at radius 1 is 0.406 bits per heavy atom. The fraction of sp³-hybridized carbons (Fsp3) is 0.100. The topological polar surface area (TPSA) is 40.5 Å². The summed E-state index contributed by atoms with van der Waals surface area (Å²) in [5.41, 5.74) is 15.4. The van der Waals surface area contributed by atoms with Gasteiger partial charge < -0.3 is 10.2 Å². The van der Waals surface area contributed by atoms with Crippen molar-refractivity contribution in [3.05, 3.63) is 46.5 Å². The molecule has 0 heterocycles. The molecule has 2 nitrogen and oxygen atoms in total. The first-order valence-electron chi connectivity index (χ1n) is 11.5. The van der Waals surface area contributed by atoms with E-state index < -0.39 is 12.2 Å². The lowest BCUT2D eigenvalue weighted by atomic mass is 9.59. The zero-order valence-electron chi connectivity index (χ0n) is 21.4. The van der Waals surface area contributed by atoms with Crippen LogP contribution < -0.4 is 54.6 Å². The number of hydrogen-bond donors (Lipinski definition) is 2. The van der Waals surface area contributed by atoms with Gasteiger partial charge in [-0.1, -0.05) is 46.1 Å². The summed E-state index contributed by atoms with van der Waals surface area (Å²) in [6.07, 6.45) is -1.60. The van der Waals surface area contributed by atoms with Crippen molar-refractivity contribution in [1.29, 1.82) is 0 Å². The first-order chi connectivity index (χ1) is 14.9. The molecule has 0 bridgehead atoms. The molecule has 2 unspecified atom stereocenters. The molecule has 150 valence electrons. The average Bonchev–Trinajstić information content (AvgIpc) is 2.78. The van der Waals surface area contributed by atoms with Crippen LogP contribution >= 0.6 is 0 Å². The Kier molecular flexibility index (Phi) is 7.17. The van der Waals surface area contributed by atoms with Crippen LogP contribution in [-0.2, 0) is 0 Å². The minimum Gasteiger partial charge on any atom is -0.384 e. The van der Waals surface area contributed by atoms with Gasteiger partial charge in [-0.25, -0.2) is 0 Å². The highest BCUT2D eigenvalue weighted by Gasteiger charge is 2.26. The molecule has 3 aromatic carbocycles. The van der Waals surface area contributed by atoms with Crippen molar-refractivity contribution in [3.63, 3.8) is 0 Å². The molecule has 0 aliphatic rings. The van der Waals surface area contributed by atoms with Crippen LogP contribution in [0.1, 0.15) is 34.5 Å². The van der Waals surface area contributed by atoms with Gasteiger partial charge in [-0.2, -0.15) is 0 Å². The molecule has 0 spiro atoms. The predicted molar refractivity (Wildman–Crippen MR) is 169 cm³/mol. The van der Waals surface area contributed by atoms with Gasteiger partial charge in [0.1, 0.15) is 90.7 Å². The SMILES string of the molecule is Bc1c(B)c(B)c(C(O)c2ccccc2C(O)c2c(B)c(B)c(B)c(B)c2B)c(B)c1B. The Morgan fingerprint density at radius 2 is 0.625 bits per heavy atom. The zero-order valence-corrected chi connectivity index (χ0v) is 21.4. The van der Waals surface area contributed by atoms with Gasteiger partial charge in [-0.15, -0.1) is 32.8 Å². The Morgan fingerprint density at radius 3 is 0.875 bits per heavy atom. The van der Waals surface area contributed by atoms with E-state index in [1.807, 2.05) is 24.3 Å². The molecule has 0 radical (unpaired) electrons. The maximum Gasteiger partial charge on any atom is 0.138 e. The fourth-order valence-corrected chi connectivity index (χ4v) is 5.20. The lowest BCUT2D eigenvalue weighted by Gasteiger charge is -2.28. The normalized spacial score (nSPS) is 13.1. The maximum absolute atomic E-state index is 11.7. The number of rotatable bonds is 4. The van der Waals surface area contributed by atoms with Gasteiger partial charge in [0, 0.05) is 0 Å². The number of hydrogen-bond acceptors (Lipinski definition) is 2. The van der Waals surface area contributed by atoms with Gasteiger partial charge >= 0.3 is 0 Å². The molecule has 2 atom stereocenters. The lowest BCUT2D eigenvalue weighted by Crippen LogP contribution is -2.57. The third-order valence-corrected chi connectivity index (χ3v) is 8.25. The molecular weight excluding hydrogens is 380 g/mol. The summed E-state index contributed by atoms with van der Waals surface area (Å²) in [4.78, 5) is 0. The van der Waals surface area contributed by atoms with Gasteiger partial charge in [-0.05, 0) is 22.3 Å². The highest BCUT2D eigenvalue weighted by molar-refractivity contribution is 6.68. The highest BCUT2D eigenvalue weighted by Crippen LogP contribution is 2.29. The van der Waals surface area contributed by atoms with E-state index in [2.05, 4.69) is 78.5 Å². The molecule has 0 saturated carbocycles. The number of aliphatic hydroxyl groups excluding tert-OH is 2. The van der Waals surface area contributed by atoms with Crippen molar-refractivity contribution in [1.82, 2.24) is 0 Å². The van der Waals surface area contributed by atoms with E-state index in [9.17, 15) is 10.2 Å². The summed E-state index contributed by atoms with van der Waals surface area (Å²) in [5, 5.41) is 23.3. The van der Waals surface area contributed by atoms with Gasteiger partial charge in [0.05, 0.1) is 0 Å². The van der Waals surface area contributed by atoms with Crippen LogP contribution in [0.25, 0.3) is 0 Å². The molecule has 0 fully saturated rings. The van der Waals surface area contributed by atoms with E-state index in [1.54, 1.807) is 0 Å². The Hall–Kier alpha value is -1.77. The van der Waals surface area contributed by atoms with Crippen LogP contribution in [0.3, 0.4) is 0 Å². The second-order valence-corrected chi connectivity index (χ2v) is 9.51. The summed E-state index contributed by atoms with van der Waals surface area (Å²) in [7, 11) is 21.1. The highest BCUT2D eigenvalue weighted by atomic mass is 16.3. The zero-order chi connectivity index (χ0) is 24.1. The maximum atomic E-state index is 11.7. The quantitative estimate of drug-likeness (QED) is 0.421. The molecule has 12 heteroatoms. The smallest absolute Gasteiger partial charge is 0.138 e. The molecule has 0 aliphatic heterocycles. The van der Waals surface area contributed by atoms with Gasteiger partial charge in [0.2, 0.25) is 0 Å². The summed E-state index contributed by atoms with van der Waals surface area (Å²) >= 11 is 0. The van der Waals surface area contributed by atoms with Crippen molar-refractivity contribution in [2.75, 3.05) is 0 Å². The van der Waals surface area contributed by atoms with Crippen LogP contribution in [0.2, 0.25) is 0 Å². The van der Waals surface area contributed by atoms with E-state index in [4.69, 9.17) is 0 Å². The molecule has 2 N–H and O–H groups in total. The largest absolute Gasteiger partial charge is 0.384 e. The van der Waals surface area contributed by atoms with Crippen LogP contribution in [-0.4, -0.2) is 88.7 Å². The van der Waals surface area contributed by atoms with Crippen molar-refractivity contribution in [2.24, 2.45) is 0 Å². The van der Waals surface area contributed by atoms with Crippen molar-refractivity contribution in [2.45, 2.75) is 12.2 Å². The molecule has 3 rings (SSSR count). The number of aliphatic hydroxyl groups is 2. The molecule has 32 heavy (non-hydrogen) atoms. The van der Waals surface area contributed by atoms with Crippen molar-refractivity contribution >= 4 is 133 Å². The van der Waals surface area contributed by atoms with Gasteiger partial charge in [0.15, 0.2) is 0 Å². The molecule has 0 aliphatic carbocycles. The van der Waals surface area contributed by atoms with E-state index >= 15 is 0 Å². The Balaban J connectivity index is 2.23. The van der Waals surface area contributed by atoms with Crippen molar-refractivity contribution in [3.8, 4) is 0 Å². The summed E-state index contributed by atoms with van der Waals surface area (Å²) in [5.74, 6) is 0. The number of benzene rings is 3. The minimum absolute atomic E-state index is 0.767. The van der Waals surface area contributed by atoms with E-state index in [0.717, 1.165) is 44.1 Å². The first kappa shape index (κ1) is 24.9. The molecule has 0 amide bonds. The third kappa shape index (κ3) is 3.90. The molecule has 0 aromatic heterocycles. The molecular formula is C20H28B10O2. The lowest BCUT2D eigenvalue weighted by molar-refractivity contribution is 0.199. The van der Waals surface area contributed by atoms with Crippen LogP contribution in [0.5, 0.6) is 0 Å². The fourth-order valence-electron chi connectivity index (χ4n) is 5.20. The van der Waals surface area contributed by atoms with Gasteiger partial charge in [0.25, 0.3) is 0 Å². The second-order valence-electron chi connectivity index (χ2n) is 9.51. The van der Waals surface area contributed by atoms with Crippen molar-refractivity contribution < 1.29 is 10.2 Å². The molecule has 0 saturated heterocycles. The van der Waals surface area contributed by atoms with Crippen LogP contribution in [0, 0.1) is 0 Å². The average molecular weight is 409 g/mol.